The Kier molecular flexibility index (Phi) is 4.75. The zero-order valence-corrected chi connectivity index (χ0v) is 11.3. The minimum atomic E-state index is -0.381. The molecule has 2 atom stereocenters. The van der Waals surface area contributed by atoms with Gasteiger partial charge < -0.3 is 9.84 Å². The van der Waals surface area contributed by atoms with Gasteiger partial charge in [-0.05, 0) is 18.4 Å². The highest BCUT2D eigenvalue weighted by Gasteiger charge is 2.20. The number of hydrogen-bond donors (Lipinski definition) is 1. The molecule has 0 aromatic heterocycles. The van der Waals surface area contributed by atoms with Crippen LogP contribution >= 0.6 is 0 Å². The molecule has 1 heterocycles. The molecule has 3 nitrogen and oxygen atoms in total. The van der Waals surface area contributed by atoms with E-state index >= 15 is 0 Å². The monoisotopic (exact) mass is 249 g/mol. The molecule has 18 heavy (non-hydrogen) atoms. The van der Waals surface area contributed by atoms with Gasteiger partial charge in [-0.3, -0.25) is 4.90 Å². The Morgan fingerprint density at radius 1 is 1.22 bits per heavy atom. The predicted molar refractivity (Wildman–Crippen MR) is 72.6 cm³/mol. The zero-order chi connectivity index (χ0) is 13.0. The Bertz CT molecular complexity index is 357. The number of aryl methyl sites for hydroxylation is 1. The van der Waals surface area contributed by atoms with Crippen LogP contribution < -0.4 is 0 Å². The van der Waals surface area contributed by atoms with Crippen molar-refractivity contribution in [2.45, 2.75) is 20.0 Å². The lowest BCUT2D eigenvalue weighted by Crippen LogP contribution is -2.39. The van der Waals surface area contributed by atoms with E-state index in [0.717, 1.165) is 38.4 Å². The van der Waals surface area contributed by atoms with Crippen molar-refractivity contribution < 1.29 is 9.84 Å². The molecular formula is C15H23NO2. The van der Waals surface area contributed by atoms with E-state index in [1.807, 2.05) is 12.1 Å². The van der Waals surface area contributed by atoms with Crippen molar-refractivity contribution in [2.75, 3.05) is 32.8 Å². The van der Waals surface area contributed by atoms with E-state index in [-0.39, 0.29) is 12.0 Å². The average Bonchev–Trinajstić information content (AvgIpc) is 2.40. The van der Waals surface area contributed by atoms with Crippen LogP contribution in [0.15, 0.2) is 24.3 Å². The van der Waals surface area contributed by atoms with Gasteiger partial charge in [0.05, 0.1) is 19.3 Å². The van der Waals surface area contributed by atoms with Crippen LogP contribution in [-0.2, 0) is 4.74 Å². The molecule has 0 amide bonds. The van der Waals surface area contributed by atoms with Crippen molar-refractivity contribution in [2.24, 2.45) is 5.92 Å². The van der Waals surface area contributed by atoms with Gasteiger partial charge in [-0.1, -0.05) is 36.8 Å². The highest BCUT2D eigenvalue weighted by molar-refractivity contribution is 5.23. The second-order valence-corrected chi connectivity index (χ2v) is 5.25. The quantitative estimate of drug-likeness (QED) is 0.886. The zero-order valence-electron chi connectivity index (χ0n) is 11.3. The second kappa shape index (κ2) is 6.32. The highest BCUT2D eigenvalue weighted by atomic mass is 16.5. The molecule has 1 aliphatic rings. The molecule has 1 aromatic carbocycles. The molecule has 1 aromatic rings. The van der Waals surface area contributed by atoms with E-state index in [2.05, 4.69) is 30.9 Å². The summed E-state index contributed by atoms with van der Waals surface area (Å²) in [5, 5.41) is 10.4. The van der Waals surface area contributed by atoms with Gasteiger partial charge in [-0.25, -0.2) is 0 Å². The molecule has 2 unspecified atom stereocenters. The van der Waals surface area contributed by atoms with Crippen molar-refractivity contribution >= 4 is 0 Å². The van der Waals surface area contributed by atoms with Crippen molar-refractivity contribution in [3.8, 4) is 0 Å². The maximum atomic E-state index is 10.4. The summed E-state index contributed by atoms with van der Waals surface area (Å²) in [6.07, 6.45) is -0.381. The summed E-state index contributed by atoms with van der Waals surface area (Å²) in [4.78, 5) is 2.37. The molecule has 0 radical (unpaired) electrons. The molecule has 1 N–H and O–H groups in total. The summed E-state index contributed by atoms with van der Waals surface area (Å²) in [6, 6.07) is 8.16. The third kappa shape index (κ3) is 3.55. The number of aliphatic hydroxyl groups excluding tert-OH is 1. The number of hydrogen-bond acceptors (Lipinski definition) is 3. The fourth-order valence-corrected chi connectivity index (χ4v) is 2.38. The van der Waals surface area contributed by atoms with Gasteiger partial charge >= 0.3 is 0 Å². The number of nitrogens with zero attached hydrogens (tertiary/aromatic N) is 1. The topological polar surface area (TPSA) is 32.7 Å². The number of rotatable bonds is 4. The second-order valence-electron chi connectivity index (χ2n) is 5.25. The number of morpholine rings is 1. The molecule has 100 valence electrons. The van der Waals surface area contributed by atoms with Gasteiger partial charge in [0, 0.05) is 19.6 Å². The summed E-state index contributed by atoms with van der Waals surface area (Å²) in [6.45, 7) is 8.68. The minimum Gasteiger partial charge on any atom is -0.388 e. The standard InChI is InChI=1S/C15H23NO2/c1-12-3-5-14(6-4-12)15(17)13(2)11-16-7-9-18-10-8-16/h3-6,13,15,17H,7-11H2,1-2H3. The van der Waals surface area contributed by atoms with E-state index in [1.165, 1.54) is 5.56 Å². The van der Waals surface area contributed by atoms with Gasteiger partial charge in [-0.15, -0.1) is 0 Å². The lowest BCUT2D eigenvalue weighted by Gasteiger charge is -2.31. The number of ether oxygens (including phenoxy) is 1. The Morgan fingerprint density at radius 2 is 1.83 bits per heavy atom. The summed E-state index contributed by atoms with van der Waals surface area (Å²) in [5.41, 5.74) is 2.24. The van der Waals surface area contributed by atoms with Crippen LogP contribution in [0, 0.1) is 12.8 Å². The Balaban J connectivity index is 1.91. The maximum Gasteiger partial charge on any atom is 0.0827 e. The minimum absolute atomic E-state index is 0.241. The average molecular weight is 249 g/mol. The van der Waals surface area contributed by atoms with E-state index in [0.29, 0.717) is 0 Å². The number of aliphatic hydroxyl groups is 1. The van der Waals surface area contributed by atoms with Crippen molar-refractivity contribution in [3.05, 3.63) is 35.4 Å². The number of benzene rings is 1. The molecule has 3 heteroatoms. The molecule has 0 spiro atoms. The van der Waals surface area contributed by atoms with Crippen LogP contribution in [0.4, 0.5) is 0 Å². The Labute approximate surface area is 109 Å². The third-order valence-corrected chi connectivity index (χ3v) is 3.61. The molecule has 1 aliphatic heterocycles. The van der Waals surface area contributed by atoms with Crippen LogP contribution in [-0.4, -0.2) is 42.9 Å². The van der Waals surface area contributed by atoms with Crippen LogP contribution in [0.25, 0.3) is 0 Å². The van der Waals surface area contributed by atoms with Gasteiger partial charge in [0.2, 0.25) is 0 Å². The molecule has 1 fully saturated rings. The third-order valence-electron chi connectivity index (χ3n) is 3.61. The van der Waals surface area contributed by atoms with Gasteiger partial charge in [0.1, 0.15) is 0 Å². The van der Waals surface area contributed by atoms with Crippen LogP contribution in [0.3, 0.4) is 0 Å². The van der Waals surface area contributed by atoms with Crippen molar-refractivity contribution in [1.82, 2.24) is 4.90 Å². The first-order valence-electron chi connectivity index (χ1n) is 6.71. The highest BCUT2D eigenvalue weighted by Crippen LogP contribution is 2.23. The van der Waals surface area contributed by atoms with E-state index in [9.17, 15) is 5.11 Å². The van der Waals surface area contributed by atoms with E-state index < -0.39 is 0 Å². The summed E-state index contributed by atoms with van der Waals surface area (Å²) >= 11 is 0. The molecule has 2 rings (SSSR count). The largest absolute Gasteiger partial charge is 0.388 e. The van der Waals surface area contributed by atoms with E-state index in [4.69, 9.17) is 4.74 Å². The smallest absolute Gasteiger partial charge is 0.0827 e. The fraction of sp³-hybridized carbons (Fsp3) is 0.600. The maximum absolute atomic E-state index is 10.4. The molecular weight excluding hydrogens is 226 g/mol. The van der Waals surface area contributed by atoms with Crippen LogP contribution in [0.1, 0.15) is 24.2 Å². The first-order chi connectivity index (χ1) is 8.66. The van der Waals surface area contributed by atoms with E-state index in [1.54, 1.807) is 0 Å². The van der Waals surface area contributed by atoms with Crippen LogP contribution in [0.5, 0.6) is 0 Å². The van der Waals surface area contributed by atoms with Gasteiger partial charge in [0.25, 0.3) is 0 Å². The molecule has 0 saturated carbocycles. The first kappa shape index (κ1) is 13.5. The summed E-state index contributed by atoms with van der Waals surface area (Å²) in [5.74, 6) is 0.241. The summed E-state index contributed by atoms with van der Waals surface area (Å²) < 4.78 is 5.34. The predicted octanol–water partition coefficient (Wildman–Crippen LogP) is 2.00. The lowest BCUT2D eigenvalue weighted by molar-refractivity contribution is 0.0151. The fourth-order valence-electron chi connectivity index (χ4n) is 2.38. The SMILES string of the molecule is Cc1ccc(C(O)C(C)CN2CCOCC2)cc1. The molecule has 0 aliphatic carbocycles. The Morgan fingerprint density at radius 3 is 2.44 bits per heavy atom. The van der Waals surface area contributed by atoms with Gasteiger partial charge in [-0.2, -0.15) is 0 Å². The van der Waals surface area contributed by atoms with Crippen molar-refractivity contribution in [1.29, 1.82) is 0 Å². The Hall–Kier alpha value is -0.900. The van der Waals surface area contributed by atoms with Crippen LogP contribution in [0.2, 0.25) is 0 Å². The summed E-state index contributed by atoms with van der Waals surface area (Å²) in [7, 11) is 0. The lowest BCUT2D eigenvalue weighted by atomic mass is 9.96. The van der Waals surface area contributed by atoms with Crippen molar-refractivity contribution in [3.63, 3.8) is 0 Å². The first-order valence-corrected chi connectivity index (χ1v) is 6.71. The normalized spacial score (nSPS) is 20.6. The van der Waals surface area contributed by atoms with Gasteiger partial charge in [0.15, 0.2) is 0 Å². The molecule has 0 bridgehead atoms. The molecule has 1 saturated heterocycles.